The summed E-state index contributed by atoms with van der Waals surface area (Å²) in [5, 5.41) is 2.60. The van der Waals surface area contributed by atoms with Crippen molar-refractivity contribution in [1.82, 2.24) is 0 Å². The van der Waals surface area contributed by atoms with Gasteiger partial charge in [-0.3, -0.25) is 4.79 Å². The molecule has 0 spiro atoms. The first kappa shape index (κ1) is 15.2. The standard InChI is InChI=1S/C15H21NO3/c1-10(2)11-8-6-7-9-12(11)16-13(17)14(18)19-15(3,4)5/h6-10H,1-5H3,(H,16,17). The summed E-state index contributed by atoms with van der Waals surface area (Å²) in [5.74, 6) is -1.36. The lowest BCUT2D eigenvalue weighted by Crippen LogP contribution is -2.32. The van der Waals surface area contributed by atoms with Crippen LogP contribution in [0, 0.1) is 0 Å². The molecule has 4 heteroatoms. The number of carbonyl (C=O) groups excluding carboxylic acids is 2. The molecular weight excluding hydrogens is 242 g/mol. The van der Waals surface area contributed by atoms with Gasteiger partial charge in [-0.1, -0.05) is 32.0 Å². The molecule has 19 heavy (non-hydrogen) atoms. The number of hydrogen-bond acceptors (Lipinski definition) is 3. The van der Waals surface area contributed by atoms with E-state index < -0.39 is 17.5 Å². The van der Waals surface area contributed by atoms with Crippen molar-refractivity contribution in [2.75, 3.05) is 5.32 Å². The van der Waals surface area contributed by atoms with E-state index in [1.54, 1.807) is 26.8 Å². The minimum Gasteiger partial charge on any atom is -0.453 e. The molecule has 0 atom stereocenters. The molecule has 1 aromatic carbocycles. The van der Waals surface area contributed by atoms with Crippen molar-refractivity contribution < 1.29 is 14.3 Å². The summed E-state index contributed by atoms with van der Waals surface area (Å²) < 4.78 is 5.02. The predicted octanol–water partition coefficient (Wildman–Crippen LogP) is 3.09. The van der Waals surface area contributed by atoms with Crippen LogP contribution in [0.1, 0.15) is 46.1 Å². The van der Waals surface area contributed by atoms with Crippen LogP contribution < -0.4 is 5.32 Å². The fraction of sp³-hybridized carbons (Fsp3) is 0.467. The van der Waals surface area contributed by atoms with Crippen molar-refractivity contribution in [2.24, 2.45) is 0 Å². The van der Waals surface area contributed by atoms with Crippen molar-refractivity contribution >= 4 is 17.6 Å². The van der Waals surface area contributed by atoms with E-state index in [1.165, 1.54) is 0 Å². The molecule has 0 aliphatic carbocycles. The van der Waals surface area contributed by atoms with Crippen molar-refractivity contribution in [2.45, 2.75) is 46.1 Å². The Kier molecular flexibility index (Phi) is 4.70. The van der Waals surface area contributed by atoms with Crippen molar-refractivity contribution in [3.8, 4) is 0 Å². The number of ether oxygens (including phenoxy) is 1. The van der Waals surface area contributed by atoms with Gasteiger partial charge in [-0.05, 0) is 38.3 Å². The van der Waals surface area contributed by atoms with Gasteiger partial charge < -0.3 is 10.1 Å². The summed E-state index contributed by atoms with van der Waals surface area (Å²) in [6, 6.07) is 7.42. The second-order valence-corrected chi connectivity index (χ2v) is 5.70. The molecule has 1 rings (SSSR count). The Morgan fingerprint density at radius 1 is 1.16 bits per heavy atom. The predicted molar refractivity (Wildman–Crippen MR) is 75.0 cm³/mol. The van der Waals surface area contributed by atoms with Crippen LogP contribution in [0.15, 0.2) is 24.3 Å². The molecular formula is C15H21NO3. The molecule has 104 valence electrons. The summed E-state index contributed by atoms with van der Waals surface area (Å²) >= 11 is 0. The van der Waals surface area contributed by atoms with Crippen LogP contribution in [0.4, 0.5) is 5.69 Å². The van der Waals surface area contributed by atoms with Gasteiger partial charge in [-0.15, -0.1) is 0 Å². The third kappa shape index (κ3) is 4.73. The number of amides is 1. The normalized spacial score (nSPS) is 11.3. The quantitative estimate of drug-likeness (QED) is 0.659. The molecule has 0 fully saturated rings. The second-order valence-electron chi connectivity index (χ2n) is 5.70. The maximum Gasteiger partial charge on any atom is 0.397 e. The van der Waals surface area contributed by atoms with Gasteiger partial charge in [0.25, 0.3) is 0 Å². The summed E-state index contributed by atoms with van der Waals surface area (Å²) in [4.78, 5) is 23.4. The minimum absolute atomic E-state index is 0.259. The molecule has 0 aliphatic rings. The number of para-hydroxylation sites is 1. The average molecular weight is 263 g/mol. The molecule has 1 N–H and O–H groups in total. The molecule has 0 aliphatic heterocycles. The largest absolute Gasteiger partial charge is 0.453 e. The first-order valence-corrected chi connectivity index (χ1v) is 6.34. The van der Waals surface area contributed by atoms with Gasteiger partial charge in [0.05, 0.1) is 0 Å². The highest BCUT2D eigenvalue weighted by Gasteiger charge is 2.23. The molecule has 0 bridgehead atoms. The maximum absolute atomic E-state index is 11.8. The van der Waals surface area contributed by atoms with Crippen LogP contribution in [0.3, 0.4) is 0 Å². The monoisotopic (exact) mass is 263 g/mol. The summed E-state index contributed by atoms with van der Waals surface area (Å²) in [6.07, 6.45) is 0. The van der Waals surface area contributed by atoms with Gasteiger partial charge in [0.2, 0.25) is 0 Å². The topological polar surface area (TPSA) is 55.4 Å². The van der Waals surface area contributed by atoms with E-state index in [1.807, 2.05) is 32.0 Å². The number of carbonyl (C=O) groups is 2. The number of benzene rings is 1. The summed E-state index contributed by atoms with van der Waals surface area (Å²) in [7, 11) is 0. The first-order valence-electron chi connectivity index (χ1n) is 6.34. The molecule has 1 aromatic rings. The Labute approximate surface area is 114 Å². The zero-order valence-electron chi connectivity index (χ0n) is 12.1. The van der Waals surface area contributed by atoms with Gasteiger partial charge in [0.15, 0.2) is 0 Å². The lowest BCUT2D eigenvalue weighted by Gasteiger charge is -2.19. The van der Waals surface area contributed by atoms with Crippen molar-refractivity contribution in [3.63, 3.8) is 0 Å². The number of rotatable bonds is 2. The van der Waals surface area contributed by atoms with Gasteiger partial charge in [0.1, 0.15) is 5.60 Å². The summed E-state index contributed by atoms with van der Waals surface area (Å²) in [6.45, 7) is 9.22. The van der Waals surface area contributed by atoms with E-state index in [2.05, 4.69) is 5.32 Å². The van der Waals surface area contributed by atoms with Crippen LogP contribution in [0.2, 0.25) is 0 Å². The molecule has 4 nitrogen and oxygen atoms in total. The Morgan fingerprint density at radius 2 is 1.74 bits per heavy atom. The van der Waals surface area contributed by atoms with Gasteiger partial charge >= 0.3 is 11.9 Å². The molecule has 0 aromatic heterocycles. The number of esters is 1. The lowest BCUT2D eigenvalue weighted by atomic mass is 10.0. The van der Waals surface area contributed by atoms with Gasteiger partial charge in [-0.25, -0.2) is 4.79 Å². The Morgan fingerprint density at radius 3 is 2.26 bits per heavy atom. The Balaban J connectivity index is 2.80. The maximum atomic E-state index is 11.8. The van der Waals surface area contributed by atoms with Crippen LogP contribution in [0.5, 0.6) is 0 Å². The van der Waals surface area contributed by atoms with Crippen LogP contribution in [0.25, 0.3) is 0 Å². The highest BCUT2D eigenvalue weighted by atomic mass is 16.6. The van der Waals surface area contributed by atoms with Crippen LogP contribution >= 0.6 is 0 Å². The Hall–Kier alpha value is -1.84. The molecule has 0 radical (unpaired) electrons. The van der Waals surface area contributed by atoms with E-state index in [-0.39, 0.29) is 5.92 Å². The average Bonchev–Trinajstić information content (AvgIpc) is 2.27. The van der Waals surface area contributed by atoms with Gasteiger partial charge in [-0.2, -0.15) is 0 Å². The van der Waals surface area contributed by atoms with Crippen LogP contribution in [-0.4, -0.2) is 17.5 Å². The third-order valence-electron chi connectivity index (χ3n) is 2.42. The van der Waals surface area contributed by atoms with E-state index in [0.29, 0.717) is 5.69 Å². The molecule has 0 heterocycles. The highest BCUT2D eigenvalue weighted by Crippen LogP contribution is 2.23. The lowest BCUT2D eigenvalue weighted by molar-refractivity contribution is -0.161. The highest BCUT2D eigenvalue weighted by molar-refractivity contribution is 6.37. The third-order valence-corrected chi connectivity index (χ3v) is 2.42. The summed E-state index contributed by atoms with van der Waals surface area (Å²) in [5.41, 5.74) is 0.958. The second kappa shape index (κ2) is 5.87. The number of anilines is 1. The van der Waals surface area contributed by atoms with E-state index in [4.69, 9.17) is 4.74 Å². The Bertz CT molecular complexity index is 473. The van der Waals surface area contributed by atoms with Crippen LogP contribution in [-0.2, 0) is 14.3 Å². The molecule has 1 amide bonds. The molecule has 0 saturated carbocycles. The first-order chi connectivity index (χ1) is 8.70. The number of nitrogens with one attached hydrogen (secondary N) is 1. The number of hydrogen-bond donors (Lipinski definition) is 1. The van der Waals surface area contributed by atoms with Crippen molar-refractivity contribution in [1.29, 1.82) is 0 Å². The zero-order valence-corrected chi connectivity index (χ0v) is 12.1. The van der Waals surface area contributed by atoms with E-state index >= 15 is 0 Å². The van der Waals surface area contributed by atoms with E-state index in [9.17, 15) is 9.59 Å². The zero-order chi connectivity index (χ0) is 14.6. The SMILES string of the molecule is CC(C)c1ccccc1NC(=O)C(=O)OC(C)(C)C. The van der Waals surface area contributed by atoms with Gasteiger partial charge in [0, 0.05) is 5.69 Å². The van der Waals surface area contributed by atoms with Crippen molar-refractivity contribution in [3.05, 3.63) is 29.8 Å². The molecule has 0 saturated heterocycles. The smallest absolute Gasteiger partial charge is 0.397 e. The minimum atomic E-state index is -0.869. The van der Waals surface area contributed by atoms with E-state index in [0.717, 1.165) is 5.56 Å². The fourth-order valence-electron chi connectivity index (χ4n) is 1.61. The molecule has 0 unspecified atom stereocenters. The fourth-order valence-corrected chi connectivity index (χ4v) is 1.61.